The Morgan fingerprint density at radius 1 is 1.23 bits per heavy atom. The van der Waals surface area contributed by atoms with Crippen LogP contribution in [-0.4, -0.2) is 37.6 Å². The van der Waals surface area contributed by atoms with E-state index >= 15 is 0 Å². The molecule has 1 aromatic carbocycles. The van der Waals surface area contributed by atoms with E-state index in [-0.39, 0.29) is 18.5 Å². The minimum Gasteiger partial charge on any atom is -0.326 e. The highest BCUT2D eigenvalue weighted by Gasteiger charge is 2.37. The summed E-state index contributed by atoms with van der Waals surface area (Å²) in [5, 5.41) is 10.6. The molecule has 2 heterocycles. The van der Waals surface area contributed by atoms with Crippen molar-refractivity contribution in [1.82, 2.24) is 25.0 Å². The standard InChI is InChI=1S/C15H17N5O2/c1-2-6-12-14(21)19(15(22)17-12)9-13-18-16-10-20(13)11-7-4-3-5-8-11/h3-5,7-8,10,12H,2,6,9H2,1H3,(H,17,22)/t12-/m0/s1. The van der Waals surface area contributed by atoms with Crippen LogP contribution >= 0.6 is 0 Å². The first-order chi connectivity index (χ1) is 10.7. The zero-order valence-electron chi connectivity index (χ0n) is 12.3. The first-order valence-corrected chi connectivity index (χ1v) is 7.27. The lowest BCUT2D eigenvalue weighted by Crippen LogP contribution is -2.32. The van der Waals surface area contributed by atoms with Gasteiger partial charge in [-0.3, -0.25) is 14.3 Å². The molecule has 22 heavy (non-hydrogen) atoms. The van der Waals surface area contributed by atoms with Crippen LogP contribution in [-0.2, 0) is 11.3 Å². The number of benzene rings is 1. The number of carbonyl (C=O) groups excluding carboxylic acids is 2. The van der Waals surface area contributed by atoms with Crippen molar-refractivity contribution in [2.75, 3.05) is 0 Å². The number of urea groups is 1. The highest BCUT2D eigenvalue weighted by Crippen LogP contribution is 2.16. The molecule has 0 bridgehead atoms. The predicted molar refractivity (Wildman–Crippen MR) is 79.1 cm³/mol. The second-order valence-corrected chi connectivity index (χ2v) is 5.17. The van der Waals surface area contributed by atoms with Crippen molar-refractivity contribution in [3.63, 3.8) is 0 Å². The second-order valence-electron chi connectivity index (χ2n) is 5.17. The van der Waals surface area contributed by atoms with Gasteiger partial charge in [0.25, 0.3) is 5.91 Å². The predicted octanol–water partition coefficient (Wildman–Crippen LogP) is 1.49. The number of aromatic nitrogens is 3. The summed E-state index contributed by atoms with van der Waals surface area (Å²) in [6.07, 6.45) is 3.06. The number of nitrogens with one attached hydrogen (secondary N) is 1. The molecule has 7 nitrogen and oxygen atoms in total. The molecule has 114 valence electrons. The van der Waals surface area contributed by atoms with Gasteiger partial charge in [0, 0.05) is 5.69 Å². The van der Waals surface area contributed by atoms with E-state index in [1.807, 2.05) is 37.3 Å². The first-order valence-electron chi connectivity index (χ1n) is 7.27. The molecule has 7 heteroatoms. The smallest absolute Gasteiger partial charge is 0.325 e. The lowest BCUT2D eigenvalue weighted by atomic mass is 10.2. The van der Waals surface area contributed by atoms with Gasteiger partial charge in [-0.25, -0.2) is 4.79 Å². The fraction of sp³-hybridized carbons (Fsp3) is 0.333. The third-order valence-corrected chi connectivity index (χ3v) is 3.64. The van der Waals surface area contributed by atoms with Crippen molar-refractivity contribution >= 4 is 11.9 Å². The summed E-state index contributed by atoms with van der Waals surface area (Å²) in [6, 6.07) is 8.77. The molecular weight excluding hydrogens is 282 g/mol. The summed E-state index contributed by atoms with van der Waals surface area (Å²) >= 11 is 0. The fourth-order valence-electron chi connectivity index (χ4n) is 2.52. The molecule has 1 aromatic heterocycles. The van der Waals surface area contributed by atoms with Gasteiger partial charge in [0.05, 0.1) is 6.54 Å². The number of rotatable bonds is 5. The Bertz CT molecular complexity index is 682. The van der Waals surface area contributed by atoms with E-state index in [9.17, 15) is 9.59 Å². The Morgan fingerprint density at radius 3 is 2.73 bits per heavy atom. The summed E-state index contributed by atoms with van der Waals surface area (Å²) in [6.45, 7) is 2.09. The lowest BCUT2D eigenvalue weighted by Gasteiger charge is -2.13. The lowest BCUT2D eigenvalue weighted by molar-refractivity contribution is -0.128. The molecule has 0 unspecified atom stereocenters. The molecule has 0 saturated carbocycles. The van der Waals surface area contributed by atoms with Crippen LogP contribution in [0.25, 0.3) is 5.69 Å². The van der Waals surface area contributed by atoms with E-state index in [0.717, 1.165) is 12.1 Å². The van der Waals surface area contributed by atoms with Gasteiger partial charge in [0.15, 0.2) is 5.82 Å². The zero-order valence-corrected chi connectivity index (χ0v) is 12.3. The number of hydrogen-bond acceptors (Lipinski definition) is 4. The van der Waals surface area contributed by atoms with Crippen molar-refractivity contribution < 1.29 is 9.59 Å². The minimum absolute atomic E-state index is 0.111. The number of carbonyl (C=O) groups is 2. The number of hydrogen-bond donors (Lipinski definition) is 1. The molecule has 2 aromatic rings. The molecule has 1 aliphatic heterocycles. The van der Waals surface area contributed by atoms with E-state index in [4.69, 9.17) is 0 Å². The number of nitrogens with zero attached hydrogens (tertiary/aromatic N) is 4. The molecule has 1 fully saturated rings. The summed E-state index contributed by atoms with van der Waals surface area (Å²) in [7, 11) is 0. The van der Waals surface area contributed by atoms with Crippen molar-refractivity contribution in [3.8, 4) is 5.69 Å². The van der Waals surface area contributed by atoms with Crippen molar-refractivity contribution in [2.24, 2.45) is 0 Å². The normalized spacial score (nSPS) is 17.9. The average Bonchev–Trinajstić information content (AvgIpc) is 3.09. The Kier molecular flexibility index (Phi) is 3.86. The largest absolute Gasteiger partial charge is 0.326 e. The van der Waals surface area contributed by atoms with E-state index in [1.54, 1.807) is 10.9 Å². The van der Waals surface area contributed by atoms with Gasteiger partial charge >= 0.3 is 6.03 Å². The Labute approximate surface area is 127 Å². The SMILES string of the molecule is CCC[C@@H]1NC(=O)N(Cc2nncn2-c2ccccc2)C1=O. The molecule has 3 rings (SSSR count). The minimum atomic E-state index is -0.425. The molecule has 1 N–H and O–H groups in total. The van der Waals surface area contributed by atoms with E-state index < -0.39 is 6.04 Å². The van der Waals surface area contributed by atoms with Crippen LogP contribution in [0.2, 0.25) is 0 Å². The molecule has 0 spiro atoms. The highest BCUT2D eigenvalue weighted by molar-refractivity contribution is 6.04. The Balaban J connectivity index is 1.82. The number of imide groups is 1. The summed E-state index contributed by atoms with van der Waals surface area (Å²) in [4.78, 5) is 25.4. The maximum atomic E-state index is 12.3. The van der Waals surface area contributed by atoms with Gasteiger partial charge in [0.1, 0.15) is 12.4 Å². The molecular formula is C15H17N5O2. The maximum absolute atomic E-state index is 12.3. The summed E-state index contributed by atoms with van der Waals surface area (Å²) in [5.74, 6) is 0.348. The Morgan fingerprint density at radius 2 is 2.00 bits per heavy atom. The summed E-state index contributed by atoms with van der Waals surface area (Å²) in [5.41, 5.74) is 0.889. The number of amides is 3. The van der Waals surface area contributed by atoms with Gasteiger partial charge in [0.2, 0.25) is 0 Å². The Hall–Kier alpha value is -2.70. The van der Waals surface area contributed by atoms with Crippen molar-refractivity contribution in [3.05, 3.63) is 42.5 Å². The third kappa shape index (κ3) is 2.57. The molecule has 1 atom stereocenters. The molecule has 1 saturated heterocycles. The van der Waals surface area contributed by atoms with Gasteiger partial charge in [-0.1, -0.05) is 31.5 Å². The van der Waals surface area contributed by atoms with Gasteiger partial charge in [-0.15, -0.1) is 10.2 Å². The second kappa shape index (κ2) is 5.97. The quantitative estimate of drug-likeness (QED) is 0.848. The number of para-hydroxylation sites is 1. The van der Waals surface area contributed by atoms with Gasteiger partial charge < -0.3 is 5.32 Å². The van der Waals surface area contributed by atoms with E-state index in [2.05, 4.69) is 15.5 Å². The molecule has 1 aliphatic rings. The van der Waals surface area contributed by atoms with E-state index in [0.29, 0.717) is 12.2 Å². The molecule has 0 radical (unpaired) electrons. The zero-order chi connectivity index (χ0) is 15.5. The van der Waals surface area contributed by atoms with Crippen LogP contribution in [0, 0.1) is 0 Å². The molecule has 3 amide bonds. The fourth-order valence-corrected chi connectivity index (χ4v) is 2.52. The van der Waals surface area contributed by atoms with Crippen LogP contribution in [0.4, 0.5) is 4.79 Å². The topological polar surface area (TPSA) is 80.1 Å². The monoisotopic (exact) mass is 299 g/mol. The average molecular weight is 299 g/mol. The van der Waals surface area contributed by atoms with Crippen LogP contribution in [0.15, 0.2) is 36.7 Å². The van der Waals surface area contributed by atoms with Gasteiger partial charge in [-0.05, 0) is 18.6 Å². The van der Waals surface area contributed by atoms with Crippen LogP contribution < -0.4 is 5.32 Å². The summed E-state index contributed by atoms with van der Waals surface area (Å²) < 4.78 is 1.77. The van der Waals surface area contributed by atoms with Gasteiger partial charge in [-0.2, -0.15) is 0 Å². The highest BCUT2D eigenvalue weighted by atomic mass is 16.2. The maximum Gasteiger partial charge on any atom is 0.325 e. The third-order valence-electron chi connectivity index (χ3n) is 3.64. The van der Waals surface area contributed by atoms with Crippen LogP contribution in [0.3, 0.4) is 0 Å². The van der Waals surface area contributed by atoms with E-state index in [1.165, 1.54) is 4.90 Å². The molecule has 0 aliphatic carbocycles. The van der Waals surface area contributed by atoms with Crippen LogP contribution in [0.1, 0.15) is 25.6 Å². The first kappa shape index (κ1) is 14.2. The van der Waals surface area contributed by atoms with Crippen LogP contribution in [0.5, 0.6) is 0 Å². The van der Waals surface area contributed by atoms with Crippen molar-refractivity contribution in [2.45, 2.75) is 32.4 Å². The van der Waals surface area contributed by atoms with Crippen molar-refractivity contribution in [1.29, 1.82) is 0 Å².